The summed E-state index contributed by atoms with van der Waals surface area (Å²) < 4.78 is 0. The van der Waals surface area contributed by atoms with Crippen molar-refractivity contribution in [3.05, 3.63) is 17.7 Å². The Hall–Kier alpha value is -1.16. The average molecular weight is 250 g/mol. The Balaban J connectivity index is 2.98. The maximum Gasteiger partial charge on any atom is 0.134 e. The Kier molecular flexibility index (Phi) is 5.08. The van der Waals surface area contributed by atoms with E-state index in [1.165, 1.54) is 0 Å². The summed E-state index contributed by atoms with van der Waals surface area (Å²) in [5, 5.41) is 3.37. The van der Waals surface area contributed by atoms with Crippen molar-refractivity contribution in [2.24, 2.45) is 5.73 Å². The van der Waals surface area contributed by atoms with E-state index in [2.05, 4.69) is 44.9 Å². The van der Waals surface area contributed by atoms with Crippen LogP contribution in [-0.4, -0.2) is 23.1 Å². The number of rotatable bonds is 5. The first kappa shape index (κ1) is 14.9. The van der Waals surface area contributed by atoms with Crippen LogP contribution in [0.25, 0.3) is 0 Å². The number of hydrogen-bond acceptors (Lipinski definition) is 4. The van der Waals surface area contributed by atoms with Gasteiger partial charge in [0.15, 0.2) is 0 Å². The highest BCUT2D eigenvalue weighted by Crippen LogP contribution is 2.25. The zero-order valence-corrected chi connectivity index (χ0v) is 12.2. The lowest BCUT2D eigenvalue weighted by molar-refractivity contribution is 0.539. The molecule has 0 atom stereocenters. The van der Waals surface area contributed by atoms with E-state index in [1.54, 1.807) is 0 Å². The molecule has 0 fully saturated rings. The van der Waals surface area contributed by atoms with Crippen LogP contribution in [0, 0.1) is 0 Å². The molecular formula is C14H26N4. The van der Waals surface area contributed by atoms with Gasteiger partial charge in [-0.25, -0.2) is 9.97 Å². The highest BCUT2D eigenvalue weighted by atomic mass is 15.0. The van der Waals surface area contributed by atoms with Gasteiger partial charge in [-0.3, -0.25) is 0 Å². The summed E-state index contributed by atoms with van der Waals surface area (Å²) >= 11 is 0. The molecule has 4 heteroatoms. The first-order chi connectivity index (χ1) is 8.36. The quantitative estimate of drug-likeness (QED) is 0.789. The first-order valence-corrected chi connectivity index (χ1v) is 6.67. The lowest BCUT2D eigenvalue weighted by Crippen LogP contribution is -2.19. The van der Waals surface area contributed by atoms with E-state index in [1.807, 2.05) is 6.20 Å². The maximum absolute atomic E-state index is 5.50. The summed E-state index contributed by atoms with van der Waals surface area (Å²) in [6.07, 6.45) is 2.86. The monoisotopic (exact) mass is 250 g/mol. The molecule has 0 amide bonds. The number of nitrogens with two attached hydrogens (primary N) is 1. The topological polar surface area (TPSA) is 63.8 Å². The number of hydrogen-bond donors (Lipinski definition) is 2. The molecule has 0 aliphatic rings. The smallest absolute Gasteiger partial charge is 0.134 e. The molecule has 0 aliphatic carbocycles. The summed E-state index contributed by atoms with van der Waals surface area (Å²) in [7, 11) is 0. The fourth-order valence-corrected chi connectivity index (χ4v) is 1.66. The van der Waals surface area contributed by atoms with E-state index < -0.39 is 0 Å². The number of nitrogens with zero attached hydrogens (tertiary/aromatic N) is 2. The van der Waals surface area contributed by atoms with Crippen LogP contribution in [0.3, 0.4) is 0 Å². The minimum absolute atomic E-state index is 0.0145. The van der Waals surface area contributed by atoms with Crippen LogP contribution >= 0.6 is 0 Å². The van der Waals surface area contributed by atoms with Gasteiger partial charge in [-0.15, -0.1) is 0 Å². The molecule has 0 unspecified atom stereocenters. The van der Waals surface area contributed by atoms with E-state index >= 15 is 0 Å². The van der Waals surface area contributed by atoms with E-state index in [0.29, 0.717) is 12.5 Å². The number of nitrogens with one attached hydrogen (secondary N) is 1. The molecule has 3 N–H and O–H groups in total. The third-order valence-electron chi connectivity index (χ3n) is 2.73. The first-order valence-electron chi connectivity index (χ1n) is 6.67. The summed E-state index contributed by atoms with van der Waals surface area (Å²) in [6.45, 7) is 12.3. The summed E-state index contributed by atoms with van der Waals surface area (Å²) in [5.74, 6) is 1.28. The van der Waals surface area contributed by atoms with Crippen molar-refractivity contribution < 1.29 is 0 Å². The Morgan fingerprint density at radius 1 is 1.33 bits per heavy atom. The third-order valence-corrected chi connectivity index (χ3v) is 2.73. The van der Waals surface area contributed by atoms with E-state index in [9.17, 15) is 0 Å². The molecule has 0 aromatic carbocycles. The summed E-state index contributed by atoms with van der Waals surface area (Å²) in [6, 6.07) is 0. The molecular weight excluding hydrogens is 224 g/mol. The zero-order valence-electron chi connectivity index (χ0n) is 12.2. The van der Waals surface area contributed by atoms with Gasteiger partial charge < -0.3 is 11.1 Å². The van der Waals surface area contributed by atoms with Crippen molar-refractivity contribution >= 4 is 5.69 Å². The molecule has 0 bridgehead atoms. The average Bonchev–Trinajstić information content (AvgIpc) is 2.28. The van der Waals surface area contributed by atoms with E-state index in [0.717, 1.165) is 30.2 Å². The van der Waals surface area contributed by atoms with Crippen LogP contribution in [0.15, 0.2) is 6.20 Å². The van der Waals surface area contributed by atoms with Gasteiger partial charge in [0.2, 0.25) is 0 Å². The van der Waals surface area contributed by atoms with Crippen LogP contribution in [0.1, 0.15) is 58.5 Å². The largest absolute Gasteiger partial charge is 0.382 e. The van der Waals surface area contributed by atoms with Gasteiger partial charge in [0.1, 0.15) is 5.82 Å². The Labute approximate surface area is 110 Å². The standard InChI is InChI=1S/C14H26N4/c1-10(2)12-11(16-8-6-7-15)9-17-13(18-12)14(3,4)5/h9-10,16H,6-8,15H2,1-5H3. The number of aromatic nitrogens is 2. The van der Waals surface area contributed by atoms with Gasteiger partial charge in [0.25, 0.3) is 0 Å². The summed E-state index contributed by atoms with van der Waals surface area (Å²) in [4.78, 5) is 9.18. The molecule has 0 aliphatic heterocycles. The third kappa shape index (κ3) is 3.95. The van der Waals surface area contributed by atoms with Crippen LogP contribution < -0.4 is 11.1 Å². The molecule has 4 nitrogen and oxygen atoms in total. The lowest BCUT2D eigenvalue weighted by Gasteiger charge is -2.20. The minimum atomic E-state index is -0.0145. The highest BCUT2D eigenvalue weighted by Gasteiger charge is 2.20. The fourth-order valence-electron chi connectivity index (χ4n) is 1.66. The minimum Gasteiger partial charge on any atom is -0.382 e. The second kappa shape index (κ2) is 6.14. The van der Waals surface area contributed by atoms with Crippen LogP contribution in [0.2, 0.25) is 0 Å². The van der Waals surface area contributed by atoms with Gasteiger partial charge in [0, 0.05) is 12.0 Å². The highest BCUT2D eigenvalue weighted by molar-refractivity contribution is 5.47. The molecule has 0 radical (unpaired) electrons. The van der Waals surface area contributed by atoms with Crippen LogP contribution in [0.4, 0.5) is 5.69 Å². The predicted octanol–water partition coefficient (Wildman–Crippen LogP) is 2.66. The van der Waals surface area contributed by atoms with Crippen molar-refractivity contribution in [1.29, 1.82) is 0 Å². The molecule has 1 rings (SSSR count). The van der Waals surface area contributed by atoms with Gasteiger partial charge in [-0.2, -0.15) is 0 Å². The van der Waals surface area contributed by atoms with Crippen molar-refractivity contribution in [2.45, 2.75) is 52.4 Å². The van der Waals surface area contributed by atoms with Crippen molar-refractivity contribution in [3.8, 4) is 0 Å². The molecule has 102 valence electrons. The second-order valence-corrected chi connectivity index (χ2v) is 5.97. The van der Waals surface area contributed by atoms with Crippen LogP contribution in [0.5, 0.6) is 0 Å². The van der Waals surface area contributed by atoms with Gasteiger partial charge in [-0.05, 0) is 18.9 Å². The van der Waals surface area contributed by atoms with Gasteiger partial charge >= 0.3 is 0 Å². The maximum atomic E-state index is 5.50. The molecule has 1 heterocycles. The van der Waals surface area contributed by atoms with Crippen molar-refractivity contribution in [1.82, 2.24) is 9.97 Å². The fraction of sp³-hybridized carbons (Fsp3) is 0.714. The number of anilines is 1. The van der Waals surface area contributed by atoms with Crippen molar-refractivity contribution in [3.63, 3.8) is 0 Å². The Morgan fingerprint density at radius 3 is 2.50 bits per heavy atom. The molecule has 0 saturated carbocycles. The van der Waals surface area contributed by atoms with Crippen LogP contribution in [-0.2, 0) is 5.41 Å². The SMILES string of the molecule is CC(C)c1nc(C(C)(C)C)ncc1NCCCN. The molecule has 0 saturated heterocycles. The molecule has 18 heavy (non-hydrogen) atoms. The lowest BCUT2D eigenvalue weighted by atomic mass is 9.95. The summed E-state index contributed by atoms with van der Waals surface area (Å²) in [5.41, 5.74) is 7.61. The zero-order chi connectivity index (χ0) is 13.8. The second-order valence-electron chi connectivity index (χ2n) is 5.97. The molecule has 1 aromatic rings. The molecule has 1 aromatic heterocycles. The Bertz CT molecular complexity index is 380. The molecule has 0 spiro atoms. The Morgan fingerprint density at radius 2 is 2.00 bits per heavy atom. The van der Waals surface area contributed by atoms with Crippen molar-refractivity contribution in [2.75, 3.05) is 18.4 Å². The van der Waals surface area contributed by atoms with Gasteiger partial charge in [0.05, 0.1) is 17.6 Å². The normalized spacial score (nSPS) is 11.9. The van der Waals surface area contributed by atoms with E-state index in [4.69, 9.17) is 10.7 Å². The van der Waals surface area contributed by atoms with E-state index in [-0.39, 0.29) is 5.41 Å². The predicted molar refractivity (Wildman–Crippen MR) is 77.0 cm³/mol. The van der Waals surface area contributed by atoms with Gasteiger partial charge in [-0.1, -0.05) is 34.6 Å².